The first kappa shape index (κ1) is 17.6. The van der Waals surface area contributed by atoms with E-state index in [-0.39, 0.29) is 11.9 Å². The van der Waals surface area contributed by atoms with Gasteiger partial charge in [-0.1, -0.05) is 24.3 Å². The maximum atomic E-state index is 12.5. The number of hydrogen-bond acceptors (Lipinski definition) is 5. The lowest BCUT2D eigenvalue weighted by molar-refractivity contribution is 0.0951. The Morgan fingerprint density at radius 3 is 2.65 bits per heavy atom. The predicted octanol–water partition coefficient (Wildman–Crippen LogP) is 2.86. The molecule has 0 spiro atoms. The Morgan fingerprint density at radius 1 is 1.19 bits per heavy atom. The number of carbonyl (C=O) groups is 1. The van der Waals surface area contributed by atoms with Gasteiger partial charge in [0.05, 0.1) is 13.2 Å². The van der Waals surface area contributed by atoms with Gasteiger partial charge in [0, 0.05) is 17.7 Å². The summed E-state index contributed by atoms with van der Waals surface area (Å²) in [5.41, 5.74) is 2.37. The lowest BCUT2D eigenvalue weighted by Gasteiger charge is -2.09. The minimum atomic E-state index is -0.147. The topological polar surface area (TPSA) is 81.9 Å². The van der Waals surface area contributed by atoms with Crippen LogP contribution in [0.5, 0.6) is 5.75 Å². The van der Waals surface area contributed by atoms with Gasteiger partial charge in [0.1, 0.15) is 5.75 Å². The van der Waals surface area contributed by atoms with Crippen LogP contribution in [0.2, 0.25) is 0 Å². The highest BCUT2D eigenvalue weighted by atomic mass is 16.5. The van der Waals surface area contributed by atoms with Crippen LogP contribution in [-0.2, 0) is 6.54 Å². The quantitative estimate of drug-likeness (QED) is 0.738. The summed E-state index contributed by atoms with van der Waals surface area (Å²) in [5, 5.41) is 14.7. The Labute approximate surface area is 152 Å². The van der Waals surface area contributed by atoms with E-state index in [9.17, 15) is 4.79 Å². The Hall–Kier alpha value is -3.22. The highest BCUT2D eigenvalue weighted by Gasteiger charge is 2.13. The van der Waals surface area contributed by atoms with E-state index in [0.717, 1.165) is 16.9 Å². The molecule has 0 aliphatic heterocycles. The fourth-order valence-corrected chi connectivity index (χ4v) is 2.56. The Morgan fingerprint density at radius 2 is 1.96 bits per heavy atom. The van der Waals surface area contributed by atoms with Crippen molar-refractivity contribution in [3.05, 3.63) is 59.7 Å². The van der Waals surface area contributed by atoms with Crippen LogP contribution in [0, 0.1) is 0 Å². The van der Waals surface area contributed by atoms with Crippen molar-refractivity contribution in [2.45, 2.75) is 26.4 Å². The van der Waals surface area contributed by atoms with Crippen molar-refractivity contribution in [1.82, 2.24) is 25.5 Å². The molecular formula is C19H21N5O2. The van der Waals surface area contributed by atoms with Crippen molar-refractivity contribution in [2.75, 3.05) is 7.11 Å². The molecule has 0 saturated carbocycles. The highest BCUT2D eigenvalue weighted by Crippen LogP contribution is 2.20. The van der Waals surface area contributed by atoms with Gasteiger partial charge >= 0.3 is 0 Å². The molecule has 0 fully saturated rings. The zero-order valence-corrected chi connectivity index (χ0v) is 15.0. The molecule has 3 aromatic rings. The first-order valence-electron chi connectivity index (χ1n) is 8.38. The number of carbonyl (C=O) groups excluding carboxylic acids is 1. The normalized spacial score (nSPS) is 10.8. The Kier molecular flexibility index (Phi) is 5.26. The molecule has 1 amide bonds. The number of tetrazole rings is 1. The van der Waals surface area contributed by atoms with E-state index in [4.69, 9.17) is 4.74 Å². The van der Waals surface area contributed by atoms with E-state index in [1.165, 1.54) is 0 Å². The number of aromatic nitrogens is 4. The molecule has 1 aromatic heterocycles. The van der Waals surface area contributed by atoms with Crippen LogP contribution in [-0.4, -0.2) is 33.2 Å². The van der Waals surface area contributed by atoms with E-state index < -0.39 is 0 Å². The lowest BCUT2D eigenvalue weighted by Crippen LogP contribution is -2.22. The molecule has 1 N–H and O–H groups in total. The maximum absolute atomic E-state index is 12.5. The molecule has 7 heteroatoms. The smallest absolute Gasteiger partial charge is 0.251 e. The van der Waals surface area contributed by atoms with Gasteiger partial charge in [-0.05, 0) is 54.1 Å². The minimum absolute atomic E-state index is 0.132. The molecule has 2 aromatic carbocycles. The van der Waals surface area contributed by atoms with E-state index >= 15 is 0 Å². The molecule has 26 heavy (non-hydrogen) atoms. The van der Waals surface area contributed by atoms with Gasteiger partial charge in [-0.3, -0.25) is 4.79 Å². The molecule has 0 aliphatic rings. The second-order valence-corrected chi connectivity index (χ2v) is 6.15. The minimum Gasteiger partial charge on any atom is -0.497 e. The van der Waals surface area contributed by atoms with Crippen molar-refractivity contribution in [2.24, 2.45) is 0 Å². The van der Waals surface area contributed by atoms with Crippen LogP contribution in [0.3, 0.4) is 0 Å². The zero-order valence-electron chi connectivity index (χ0n) is 15.0. The summed E-state index contributed by atoms with van der Waals surface area (Å²) in [5.74, 6) is 1.28. The first-order chi connectivity index (χ1) is 12.6. The number of hydrogen-bond donors (Lipinski definition) is 1. The standard InChI is InChI=1S/C19H21N5O2/c1-13(2)24-18(21-22-23-24)15-5-4-6-16(11-15)19(25)20-12-14-7-9-17(26-3)10-8-14/h4-11,13H,12H2,1-3H3,(H,20,25). The van der Waals surface area contributed by atoms with Gasteiger partial charge in [0.2, 0.25) is 0 Å². The Balaban J connectivity index is 1.72. The highest BCUT2D eigenvalue weighted by molar-refractivity contribution is 5.95. The molecule has 0 aliphatic carbocycles. The summed E-state index contributed by atoms with van der Waals surface area (Å²) in [6.45, 7) is 4.45. The second-order valence-electron chi connectivity index (χ2n) is 6.15. The number of nitrogens with zero attached hydrogens (tertiary/aromatic N) is 4. The summed E-state index contributed by atoms with van der Waals surface area (Å²) < 4.78 is 6.86. The van der Waals surface area contributed by atoms with E-state index in [0.29, 0.717) is 17.9 Å². The third kappa shape index (κ3) is 3.88. The van der Waals surface area contributed by atoms with Crippen LogP contribution in [0.15, 0.2) is 48.5 Å². The lowest BCUT2D eigenvalue weighted by atomic mass is 10.1. The van der Waals surface area contributed by atoms with Crippen molar-refractivity contribution in [3.8, 4) is 17.1 Å². The maximum Gasteiger partial charge on any atom is 0.251 e. The molecule has 3 rings (SSSR count). The molecular weight excluding hydrogens is 330 g/mol. The fourth-order valence-electron chi connectivity index (χ4n) is 2.56. The van der Waals surface area contributed by atoms with Crippen LogP contribution in [0.25, 0.3) is 11.4 Å². The van der Waals surface area contributed by atoms with Crippen LogP contribution >= 0.6 is 0 Å². The van der Waals surface area contributed by atoms with Crippen molar-refractivity contribution < 1.29 is 9.53 Å². The zero-order chi connectivity index (χ0) is 18.5. The van der Waals surface area contributed by atoms with E-state index in [1.54, 1.807) is 23.9 Å². The number of methoxy groups -OCH3 is 1. The van der Waals surface area contributed by atoms with Crippen LogP contribution in [0.4, 0.5) is 0 Å². The van der Waals surface area contributed by atoms with Gasteiger partial charge in [-0.25, -0.2) is 4.68 Å². The van der Waals surface area contributed by atoms with Crippen LogP contribution < -0.4 is 10.1 Å². The number of benzene rings is 2. The monoisotopic (exact) mass is 351 g/mol. The third-order valence-electron chi connectivity index (χ3n) is 3.98. The molecule has 1 heterocycles. The van der Waals surface area contributed by atoms with Crippen LogP contribution in [0.1, 0.15) is 35.8 Å². The average molecular weight is 351 g/mol. The SMILES string of the molecule is COc1ccc(CNC(=O)c2cccc(-c3nnnn3C(C)C)c2)cc1. The molecule has 0 saturated heterocycles. The largest absolute Gasteiger partial charge is 0.497 e. The van der Waals surface area contributed by atoms with Crippen molar-refractivity contribution >= 4 is 5.91 Å². The number of ether oxygens (including phenoxy) is 1. The van der Waals surface area contributed by atoms with E-state index in [2.05, 4.69) is 20.8 Å². The molecule has 134 valence electrons. The first-order valence-corrected chi connectivity index (χ1v) is 8.38. The molecule has 7 nitrogen and oxygen atoms in total. The molecule has 0 atom stereocenters. The summed E-state index contributed by atoms with van der Waals surface area (Å²) in [6, 6.07) is 15.0. The molecule has 0 bridgehead atoms. The predicted molar refractivity (Wildman–Crippen MR) is 97.8 cm³/mol. The summed E-state index contributed by atoms with van der Waals surface area (Å²) in [6.07, 6.45) is 0. The number of rotatable bonds is 6. The average Bonchev–Trinajstić information content (AvgIpc) is 3.17. The van der Waals surface area contributed by atoms with Gasteiger partial charge in [0.15, 0.2) is 5.82 Å². The molecule has 0 unspecified atom stereocenters. The third-order valence-corrected chi connectivity index (χ3v) is 3.98. The van der Waals surface area contributed by atoms with Gasteiger partial charge in [-0.15, -0.1) is 5.10 Å². The summed E-state index contributed by atoms with van der Waals surface area (Å²) in [7, 11) is 1.62. The summed E-state index contributed by atoms with van der Waals surface area (Å²) >= 11 is 0. The van der Waals surface area contributed by atoms with Crippen molar-refractivity contribution in [3.63, 3.8) is 0 Å². The van der Waals surface area contributed by atoms with Crippen molar-refractivity contribution in [1.29, 1.82) is 0 Å². The van der Waals surface area contributed by atoms with E-state index in [1.807, 2.05) is 50.2 Å². The second kappa shape index (κ2) is 7.77. The molecule has 0 radical (unpaired) electrons. The van der Waals surface area contributed by atoms with Gasteiger partial charge in [-0.2, -0.15) is 0 Å². The Bertz CT molecular complexity index is 887. The number of amides is 1. The van der Waals surface area contributed by atoms with Gasteiger partial charge < -0.3 is 10.1 Å². The fraction of sp³-hybridized carbons (Fsp3) is 0.263. The summed E-state index contributed by atoms with van der Waals surface area (Å²) in [4.78, 5) is 12.5. The van der Waals surface area contributed by atoms with Gasteiger partial charge in [0.25, 0.3) is 5.91 Å². The number of nitrogens with one attached hydrogen (secondary N) is 1.